The minimum atomic E-state index is -2.12. The zero-order valence-corrected chi connectivity index (χ0v) is 67.3. The highest BCUT2D eigenvalue weighted by Crippen LogP contribution is 2.42. The van der Waals surface area contributed by atoms with Gasteiger partial charge in [-0.2, -0.15) is 0 Å². The Balaban J connectivity index is 1.61. The fraction of sp³-hybridized carbons (Fsp3) is 0.844. The molecule has 6 aliphatic heterocycles. The average molecular weight is 1590 g/mol. The fourth-order valence-corrected chi connectivity index (χ4v) is 14.4. The summed E-state index contributed by atoms with van der Waals surface area (Å²) in [6.07, 6.45) is -30.4. The van der Waals surface area contributed by atoms with E-state index in [1.54, 1.807) is 20.8 Å². The molecule has 0 unspecified atom stereocenters. The minimum Gasteiger partial charge on any atom is -0.463 e. The molecule has 0 amide bonds. The zero-order chi connectivity index (χ0) is 81.9. The quantitative estimate of drug-likeness (QED) is 0.0374. The molecule has 34 heteroatoms. The molecule has 0 radical (unpaired) electrons. The van der Waals surface area contributed by atoms with E-state index in [9.17, 15) is 52.7 Å². The smallest absolute Gasteiger partial charge is 0.309 e. The van der Waals surface area contributed by atoms with E-state index in [0.717, 1.165) is 127 Å². The molecule has 0 bridgehead atoms. The fourth-order valence-electron chi connectivity index (χ4n) is 14.4. The second-order valence-electron chi connectivity index (χ2n) is 29.2. The Morgan fingerprint density at radius 3 is 1.32 bits per heavy atom. The number of carbonyl (C=O) groups excluding carboxylic acids is 12. The second-order valence-corrected chi connectivity index (χ2v) is 29.2. The molecule has 0 N–H and O–H groups in total. The normalized spacial score (nSPS) is 34.6. The summed E-state index contributed by atoms with van der Waals surface area (Å²) in [5.74, 6) is -11.5. The highest BCUT2D eigenvalue weighted by Gasteiger charge is 2.62. The summed E-state index contributed by atoms with van der Waals surface area (Å²) >= 11 is 0. The lowest BCUT2D eigenvalue weighted by molar-refractivity contribution is -0.400. The molecule has 6 rings (SSSR count). The van der Waals surface area contributed by atoms with Gasteiger partial charge in [0.25, 0.3) is 0 Å². The van der Waals surface area contributed by atoms with E-state index < -0.39 is 244 Å². The van der Waals surface area contributed by atoms with E-state index in [2.05, 4.69) is 6.92 Å². The van der Waals surface area contributed by atoms with Gasteiger partial charge < -0.3 is 104 Å². The van der Waals surface area contributed by atoms with Gasteiger partial charge >= 0.3 is 71.6 Å². The van der Waals surface area contributed by atoms with Crippen molar-refractivity contribution in [2.45, 2.75) is 406 Å². The van der Waals surface area contributed by atoms with E-state index in [-0.39, 0.29) is 19.3 Å². The van der Waals surface area contributed by atoms with Gasteiger partial charge in [0.1, 0.15) is 31.0 Å². The Morgan fingerprint density at radius 1 is 0.378 bits per heavy atom. The van der Waals surface area contributed by atoms with Crippen LogP contribution < -0.4 is 0 Å². The van der Waals surface area contributed by atoms with Crippen LogP contribution in [0.3, 0.4) is 0 Å². The Kier molecular flexibility index (Phi) is 38.5. The minimum absolute atomic E-state index is 0.164. The van der Waals surface area contributed by atoms with Crippen LogP contribution in [0.1, 0.15) is 246 Å². The van der Waals surface area contributed by atoms with E-state index in [4.69, 9.17) is 104 Å². The summed E-state index contributed by atoms with van der Waals surface area (Å²) in [7, 11) is 0. The lowest BCUT2D eigenvalue weighted by atomic mass is 9.94. The molecule has 6 fully saturated rings. The Labute approximate surface area is 649 Å². The van der Waals surface area contributed by atoms with Gasteiger partial charge in [0.2, 0.25) is 0 Å². The predicted molar refractivity (Wildman–Crippen MR) is 380 cm³/mol. The standard InChI is InChI=1S/C77H120O34/c1-18-21-22-23-25-29-32-37-56(88)106-70-65(110-77-68(102-52(17)86)66(100-50(15)84)61(96-46(11)80)54(104-77)38-90-44(9)78)60(109-74-67(101-51(16)85)63(98-48(13)82)58(41(6)92-74)107-72(89)39(4)20-3)43(8)93-75(70)108-59-42(7)94-76-69(64(59)99-49(14)83)105-55(87)36-33-30-27-24-26-28-31-35-53(34-19-2)103-73-71(111-76)62(97-47(12)81)57(40(5)91-73)95-45(10)79/h39-43,53-54,57-71,73-77H,18-38H2,1-17H3/t39-,40+,41-,42-,43-,53-,54+,57+,58-,59-,60-,61+,62-,63+,64+,65+,66-,67+,68+,69+,70+,71+,73-,74-,75-,76-,77-/m0/s1. The molecule has 111 heavy (non-hydrogen) atoms. The van der Waals surface area contributed by atoms with Crippen molar-refractivity contribution in [3.8, 4) is 0 Å². The van der Waals surface area contributed by atoms with Crippen LogP contribution in [0.15, 0.2) is 0 Å². The molecule has 0 aromatic carbocycles. The lowest BCUT2D eigenvalue weighted by Gasteiger charge is -2.52. The number of hydrogen-bond donors (Lipinski definition) is 0. The van der Waals surface area contributed by atoms with Crippen LogP contribution >= 0.6 is 0 Å². The van der Waals surface area contributed by atoms with Gasteiger partial charge in [-0.1, -0.05) is 111 Å². The van der Waals surface area contributed by atoms with E-state index in [1.807, 2.05) is 6.92 Å². The number of hydrogen-bond acceptors (Lipinski definition) is 34. The molecule has 6 heterocycles. The van der Waals surface area contributed by atoms with Crippen molar-refractivity contribution in [3.05, 3.63) is 0 Å². The van der Waals surface area contributed by atoms with Crippen molar-refractivity contribution in [1.82, 2.24) is 0 Å². The first-order valence-electron chi connectivity index (χ1n) is 39.3. The van der Waals surface area contributed by atoms with Crippen LogP contribution in [-0.2, 0) is 162 Å². The van der Waals surface area contributed by atoms with Gasteiger partial charge in [0, 0.05) is 75.2 Å². The van der Waals surface area contributed by atoms with Gasteiger partial charge in [-0.25, -0.2) is 0 Å². The topological polar surface area (TPSA) is 408 Å². The first-order valence-corrected chi connectivity index (χ1v) is 39.3. The van der Waals surface area contributed by atoms with Crippen molar-refractivity contribution in [2.75, 3.05) is 6.61 Å². The lowest BCUT2D eigenvalue weighted by Crippen LogP contribution is -2.69. The molecular formula is C77H120O34. The number of unbranched alkanes of at least 4 members (excludes halogenated alkanes) is 6. The van der Waals surface area contributed by atoms with Crippen LogP contribution in [0.2, 0.25) is 0 Å². The van der Waals surface area contributed by atoms with Gasteiger partial charge in [0.15, 0.2) is 105 Å². The summed E-state index contributed by atoms with van der Waals surface area (Å²) in [4.78, 5) is 162. The van der Waals surface area contributed by atoms with Crippen LogP contribution in [0.5, 0.6) is 0 Å². The Bertz CT molecular complexity index is 3040. The summed E-state index contributed by atoms with van der Waals surface area (Å²) in [5.41, 5.74) is 0. The molecule has 0 spiro atoms. The maximum absolute atomic E-state index is 15.1. The molecule has 632 valence electrons. The highest BCUT2D eigenvalue weighted by molar-refractivity contribution is 5.73. The third-order valence-electron chi connectivity index (χ3n) is 19.7. The van der Waals surface area contributed by atoms with Crippen molar-refractivity contribution in [2.24, 2.45) is 5.92 Å². The molecule has 6 aliphatic rings. The monoisotopic (exact) mass is 1590 g/mol. The summed E-state index contributed by atoms with van der Waals surface area (Å²) in [6, 6.07) is 0. The van der Waals surface area contributed by atoms with Gasteiger partial charge in [0.05, 0.1) is 36.4 Å². The third-order valence-corrected chi connectivity index (χ3v) is 19.7. The van der Waals surface area contributed by atoms with Crippen LogP contribution in [0.4, 0.5) is 0 Å². The Morgan fingerprint density at radius 2 is 0.784 bits per heavy atom. The number of esters is 12. The molecule has 27 atom stereocenters. The average Bonchev–Trinajstić information content (AvgIpc) is 0.759. The Hall–Kier alpha value is -6.76. The number of rotatable bonds is 30. The van der Waals surface area contributed by atoms with Crippen LogP contribution in [-0.4, -0.2) is 238 Å². The van der Waals surface area contributed by atoms with E-state index >= 15 is 4.79 Å². The van der Waals surface area contributed by atoms with E-state index in [0.29, 0.717) is 44.9 Å². The predicted octanol–water partition coefficient (Wildman–Crippen LogP) is 7.88. The number of fused-ring (bicyclic) bond motifs is 2. The molecule has 34 nitrogen and oxygen atoms in total. The molecule has 0 aromatic rings. The van der Waals surface area contributed by atoms with Gasteiger partial charge in [-0.15, -0.1) is 0 Å². The van der Waals surface area contributed by atoms with Gasteiger partial charge in [-0.3, -0.25) is 57.5 Å². The first-order chi connectivity index (χ1) is 52.6. The maximum atomic E-state index is 15.1. The van der Waals surface area contributed by atoms with Gasteiger partial charge in [-0.05, 0) is 59.8 Å². The molecule has 0 saturated carbocycles. The number of ether oxygens (including phenoxy) is 22. The summed E-state index contributed by atoms with van der Waals surface area (Å²) < 4.78 is 140. The SMILES string of the molecule is CCCCCCCCCC(=O)O[C@H]1[C@H](O[C@@H]2[C@@H](OC(C)=O)[C@H]3OC(=O)CCCCCCCCC[C@H](CCC)O[C@@H]4O[C@H](C)[C@@H](OC(C)=O)[C@H](OC(C)=O)[C@H]4O[C@@H]3O[C@H]2C)O[C@@H](C)[C@H](O[C@@H]2O[C@@H](C)[C@H](OC(=O)[C@@H](C)CC)[C@@H](OC(C)=O)[C@H]2OC(C)=O)[C@H]1O[C@@H]1O[C@H](COC(C)=O)[C@@H](OC(C)=O)[C@H](OC(C)=O)[C@H]1OC(C)=O. The van der Waals surface area contributed by atoms with E-state index in [1.165, 1.54) is 20.8 Å². The zero-order valence-electron chi connectivity index (χ0n) is 67.3. The van der Waals surface area contributed by atoms with Crippen molar-refractivity contribution >= 4 is 71.6 Å². The summed E-state index contributed by atoms with van der Waals surface area (Å²) in [6.45, 7) is 22.2. The third kappa shape index (κ3) is 28.6. The molecule has 0 aliphatic carbocycles. The second kappa shape index (κ2) is 46.0. The van der Waals surface area contributed by atoms with Crippen LogP contribution in [0, 0.1) is 5.92 Å². The van der Waals surface area contributed by atoms with Crippen molar-refractivity contribution < 1.29 is 162 Å². The first kappa shape index (κ1) is 93.1. The maximum Gasteiger partial charge on any atom is 0.309 e. The molecule has 6 saturated heterocycles. The van der Waals surface area contributed by atoms with Crippen LogP contribution in [0.25, 0.3) is 0 Å². The number of carbonyl (C=O) groups is 12. The molecular weight excluding hydrogens is 1470 g/mol. The molecule has 0 aromatic heterocycles. The highest BCUT2D eigenvalue weighted by atomic mass is 16.8. The van der Waals surface area contributed by atoms with Crippen molar-refractivity contribution in [1.29, 1.82) is 0 Å². The largest absolute Gasteiger partial charge is 0.463 e. The van der Waals surface area contributed by atoms with Crippen molar-refractivity contribution in [3.63, 3.8) is 0 Å². The summed E-state index contributed by atoms with van der Waals surface area (Å²) in [5, 5.41) is 0.